The van der Waals surface area contributed by atoms with E-state index in [9.17, 15) is 0 Å². The van der Waals surface area contributed by atoms with Crippen molar-refractivity contribution in [3.8, 4) is 0 Å². The van der Waals surface area contributed by atoms with E-state index in [-0.39, 0.29) is 0 Å². The fourth-order valence-electron chi connectivity index (χ4n) is 2.00. The van der Waals surface area contributed by atoms with Crippen LogP contribution >= 0.6 is 15.9 Å². The minimum atomic E-state index is 0.810. The molecule has 1 saturated carbocycles. The molecule has 0 heterocycles. The summed E-state index contributed by atoms with van der Waals surface area (Å²) in [6.07, 6.45) is 5.59. The van der Waals surface area contributed by atoms with Gasteiger partial charge in [-0.1, -0.05) is 36.2 Å². The van der Waals surface area contributed by atoms with Gasteiger partial charge in [0.15, 0.2) is 0 Å². The van der Waals surface area contributed by atoms with Crippen LogP contribution in [0.4, 0.5) is 0 Å². The molecule has 0 aromatic carbocycles. The third-order valence-corrected chi connectivity index (χ3v) is 3.64. The fraction of sp³-hybridized carbons (Fsp3) is 1.00. The molecule has 1 rings (SSSR count). The quantitative estimate of drug-likeness (QED) is 0.574. The molecule has 0 aliphatic heterocycles. The van der Waals surface area contributed by atoms with Crippen LogP contribution in [-0.2, 0) is 0 Å². The molecule has 60 valence electrons. The first-order valence-corrected chi connectivity index (χ1v) is 5.29. The van der Waals surface area contributed by atoms with Crippen LogP contribution in [0.5, 0.6) is 0 Å². The topological polar surface area (TPSA) is 0 Å². The number of hydrogen-bond donors (Lipinski definition) is 0. The zero-order valence-corrected chi connectivity index (χ0v) is 8.52. The normalized spacial score (nSPS) is 41.7. The van der Waals surface area contributed by atoms with Crippen molar-refractivity contribution >= 4 is 15.9 Å². The highest BCUT2D eigenvalue weighted by Crippen LogP contribution is 2.34. The van der Waals surface area contributed by atoms with E-state index < -0.39 is 0 Å². The summed E-state index contributed by atoms with van der Waals surface area (Å²) in [5.74, 6) is 1.96. The third kappa shape index (κ3) is 1.98. The number of hydrogen-bond acceptors (Lipinski definition) is 0. The van der Waals surface area contributed by atoms with E-state index in [0.29, 0.717) is 0 Å². The average Bonchev–Trinajstić information content (AvgIpc) is 1.88. The van der Waals surface area contributed by atoms with Crippen molar-refractivity contribution in [3.05, 3.63) is 0 Å². The van der Waals surface area contributed by atoms with E-state index in [1.807, 2.05) is 0 Å². The Bertz CT molecular complexity index is 101. The summed E-state index contributed by atoms with van der Waals surface area (Å²) in [5, 5.41) is 0. The summed E-state index contributed by atoms with van der Waals surface area (Å²) in [6, 6.07) is 0. The Morgan fingerprint density at radius 2 is 2.10 bits per heavy atom. The summed E-state index contributed by atoms with van der Waals surface area (Å²) in [7, 11) is 0. The first-order chi connectivity index (χ1) is 4.74. The van der Waals surface area contributed by atoms with E-state index >= 15 is 0 Å². The molecule has 0 aromatic rings. The summed E-state index contributed by atoms with van der Waals surface area (Å²) in [4.78, 5) is 0.810. The lowest BCUT2D eigenvalue weighted by atomic mass is 9.79. The number of alkyl halides is 1. The van der Waals surface area contributed by atoms with Gasteiger partial charge >= 0.3 is 0 Å². The zero-order valence-electron chi connectivity index (χ0n) is 6.94. The van der Waals surface area contributed by atoms with Crippen LogP contribution in [0, 0.1) is 11.8 Å². The Morgan fingerprint density at radius 1 is 1.40 bits per heavy atom. The Hall–Kier alpha value is 0.480. The molecule has 3 unspecified atom stereocenters. The molecule has 1 aliphatic carbocycles. The second kappa shape index (κ2) is 3.75. The van der Waals surface area contributed by atoms with Gasteiger partial charge in [-0.3, -0.25) is 0 Å². The maximum absolute atomic E-state index is 3.69. The average molecular weight is 205 g/mol. The monoisotopic (exact) mass is 204 g/mol. The van der Waals surface area contributed by atoms with Gasteiger partial charge in [0.05, 0.1) is 0 Å². The molecule has 0 amide bonds. The molecule has 1 fully saturated rings. The highest BCUT2D eigenvalue weighted by atomic mass is 79.9. The van der Waals surface area contributed by atoms with Crippen LogP contribution in [0.2, 0.25) is 0 Å². The van der Waals surface area contributed by atoms with Crippen LogP contribution in [0.1, 0.15) is 39.5 Å². The molecular formula is C9H17Br. The first-order valence-electron chi connectivity index (χ1n) is 4.38. The van der Waals surface area contributed by atoms with E-state index in [2.05, 4.69) is 29.8 Å². The van der Waals surface area contributed by atoms with Crippen molar-refractivity contribution < 1.29 is 0 Å². The highest BCUT2D eigenvalue weighted by Gasteiger charge is 2.24. The molecular weight excluding hydrogens is 188 g/mol. The summed E-state index contributed by atoms with van der Waals surface area (Å²) in [6.45, 7) is 4.71. The Kier molecular flexibility index (Phi) is 3.22. The van der Waals surface area contributed by atoms with Crippen molar-refractivity contribution in [2.45, 2.75) is 44.4 Å². The lowest BCUT2D eigenvalue weighted by Gasteiger charge is -2.30. The fourth-order valence-corrected chi connectivity index (χ4v) is 2.85. The van der Waals surface area contributed by atoms with Crippen LogP contribution in [0.15, 0.2) is 0 Å². The lowest BCUT2D eigenvalue weighted by Crippen LogP contribution is -2.22. The molecule has 0 bridgehead atoms. The summed E-state index contributed by atoms with van der Waals surface area (Å²) >= 11 is 3.69. The van der Waals surface area contributed by atoms with Gasteiger partial charge in [0.1, 0.15) is 0 Å². The summed E-state index contributed by atoms with van der Waals surface area (Å²) in [5.41, 5.74) is 0. The van der Waals surface area contributed by atoms with Crippen LogP contribution in [0.3, 0.4) is 0 Å². The summed E-state index contributed by atoms with van der Waals surface area (Å²) < 4.78 is 0. The van der Waals surface area contributed by atoms with Crippen LogP contribution in [0.25, 0.3) is 0 Å². The molecule has 0 radical (unpaired) electrons. The molecule has 0 aromatic heterocycles. The van der Waals surface area contributed by atoms with Crippen molar-refractivity contribution in [1.29, 1.82) is 0 Å². The minimum Gasteiger partial charge on any atom is -0.0891 e. The Morgan fingerprint density at radius 3 is 2.60 bits per heavy atom. The molecule has 0 spiro atoms. The van der Waals surface area contributed by atoms with Gasteiger partial charge < -0.3 is 0 Å². The van der Waals surface area contributed by atoms with E-state index in [1.54, 1.807) is 0 Å². The molecule has 0 nitrogen and oxygen atoms in total. The smallest absolute Gasteiger partial charge is 0.0148 e. The van der Waals surface area contributed by atoms with Gasteiger partial charge in [-0.15, -0.1) is 0 Å². The minimum absolute atomic E-state index is 0.810. The SMILES string of the molecule is CCC1CCC(Br)CC1C. The van der Waals surface area contributed by atoms with E-state index in [1.165, 1.54) is 25.7 Å². The molecule has 0 saturated heterocycles. The van der Waals surface area contributed by atoms with Gasteiger partial charge in [0, 0.05) is 4.83 Å². The van der Waals surface area contributed by atoms with Crippen molar-refractivity contribution in [3.63, 3.8) is 0 Å². The second-order valence-corrected chi connectivity index (χ2v) is 4.85. The molecule has 10 heavy (non-hydrogen) atoms. The predicted molar refractivity (Wildman–Crippen MR) is 49.5 cm³/mol. The van der Waals surface area contributed by atoms with Crippen molar-refractivity contribution in [2.24, 2.45) is 11.8 Å². The predicted octanol–water partition coefficient (Wildman–Crippen LogP) is 3.60. The maximum atomic E-state index is 3.69. The molecule has 1 aliphatic rings. The lowest BCUT2D eigenvalue weighted by molar-refractivity contribution is 0.257. The number of rotatable bonds is 1. The molecule has 1 heteroatoms. The van der Waals surface area contributed by atoms with Gasteiger partial charge in [-0.25, -0.2) is 0 Å². The van der Waals surface area contributed by atoms with Gasteiger partial charge in [0.25, 0.3) is 0 Å². The molecule has 3 atom stereocenters. The maximum Gasteiger partial charge on any atom is 0.0148 e. The van der Waals surface area contributed by atoms with Crippen molar-refractivity contribution in [2.75, 3.05) is 0 Å². The highest BCUT2D eigenvalue weighted by molar-refractivity contribution is 9.09. The largest absolute Gasteiger partial charge is 0.0891 e. The number of halogens is 1. The Balaban J connectivity index is 2.36. The van der Waals surface area contributed by atoms with Crippen molar-refractivity contribution in [1.82, 2.24) is 0 Å². The first kappa shape index (κ1) is 8.58. The zero-order chi connectivity index (χ0) is 7.56. The van der Waals surface area contributed by atoms with Crippen LogP contribution in [-0.4, -0.2) is 4.83 Å². The standard InChI is InChI=1S/C9H17Br/c1-3-8-4-5-9(10)6-7(8)2/h7-9H,3-6H2,1-2H3. The molecule has 0 N–H and O–H groups in total. The van der Waals surface area contributed by atoms with Gasteiger partial charge in [-0.05, 0) is 31.1 Å². The third-order valence-electron chi connectivity index (χ3n) is 2.81. The van der Waals surface area contributed by atoms with Gasteiger partial charge in [-0.2, -0.15) is 0 Å². The van der Waals surface area contributed by atoms with E-state index in [0.717, 1.165) is 16.7 Å². The Labute approximate surface area is 72.5 Å². The van der Waals surface area contributed by atoms with Gasteiger partial charge in [0.2, 0.25) is 0 Å². The second-order valence-electron chi connectivity index (χ2n) is 3.56. The van der Waals surface area contributed by atoms with Crippen LogP contribution < -0.4 is 0 Å². The van der Waals surface area contributed by atoms with E-state index in [4.69, 9.17) is 0 Å².